The monoisotopic (exact) mass is 261 g/mol. The summed E-state index contributed by atoms with van der Waals surface area (Å²) in [5.74, 6) is 0. The molecule has 1 aromatic carbocycles. The van der Waals surface area contributed by atoms with Crippen LogP contribution in [0.15, 0.2) is 45.2 Å². The van der Waals surface area contributed by atoms with Crippen LogP contribution in [0.4, 0.5) is 0 Å². The number of aromatic nitrogens is 2. The molecular weight excluding hydrogens is 246 g/mol. The minimum atomic E-state index is -0.136. The molecule has 1 heterocycles. The third-order valence-corrected chi connectivity index (χ3v) is 3.44. The Balaban J connectivity index is 2.37. The Morgan fingerprint density at radius 3 is 2.78 bits per heavy atom. The van der Waals surface area contributed by atoms with Crippen molar-refractivity contribution in [1.29, 1.82) is 0 Å². The van der Waals surface area contributed by atoms with Gasteiger partial charge in [-0.25, -0.2) is 4.98 Å². The average Bonchev–Trinajstić information content (AvgIpc) is 2.27. The lowest BCUT2D eigenvalue weighted by atomic mass is 10.1. The van der Waals surface area contributed by atoms with Crippen LogP contribution in [0.25, 0.3) is 0 Å². The van der Waals surface area contributed by atoms with E-state index in [0.29, 0.717) is 10.9 Å². The van der Waals surface area contributed by atoms with E-state index < -0.39 is 0 Å². The van der Waals surface area contributed by atoms with Gasteiger partial charge in [0.2, 0.25) is 0 Å². The van der Waals surface area contributed by atoms with Crippen LogP contribution in [0.5, 0.6) is 0 Å². The number of rotatable bonds is 3. The summed E-state index contributed by atoms with van der Waals surface area (Å²) >= 11 is 1.42. The first-order valence-corrected chi connectivity index (χ1v) is 6.48. The van der Waals surface area contributed by atoms with Gasteiger partial charge in [-0.3, -0.25) is 4.79 Å². The van der Waals surface area contributed by atoms with Crippen molar-refractivity contribution in [3.8, 4) is 0 Å². The van der Waals surface area contributed by atoms with Crippen molar-refractivity contribution >= 4 is 11.8 Å². The Morgan fingerprint density at radius 1 is 1.39 bits per heavy atom. The number of H-pyrrole nitrogens is 1. The van der Waals surface area contributed by atoms with Gasteiger partial charge in [0.05, 0.1) is 0 Å². The predicted octanol–water partition coefficient (Wildman–Crippen LogP) is 2.25. The Hall–Kier alpha value is -1.59. The van der Waals surface area contributed by atoms with Crippen molar-refractivity contribution in [3.63, 3.8) is 0 Å². The molecule has 1 aromatic heterocycles. The van der Waals surface area contributed by atoms with Gasteiger partial charge in [-0.05, 0) is 25.5 Å². The Labute approximate surface area is 110 Å². The van der Waals surface area contributed by atoms with Gasteiger partial charge >= 0.3 is 0 Å². The number of benzene rings is 1. The van der Waals surface area contributed by atoms with Crippen molar-refractivity contribution in [2.75, 3.05) is 0 Å². The first-order chi connectivity index (χ1) is 8.56. The van der Waals surface area contributed by atoms with Crippen LogP contribution < -0.4 is 11.3 Å². The highest BCUT2D eigenvalue weighted by Gasteiger charge is 2.09. The zero-order valence-electron chi connectivity index (χ0n) is 10.3. The molecule has 5 heteroatoms. The Morgan fingerprint density at radius 2 is 2.11 bits per heavy atom. The van der Waals surface area contributed by atoms with E-state index in [4.69, 9.17) is 5.73 Å². The second-order valence-electron chi connectivity index (χ2n) is 4.12. The summed E-state index contributed by atoms with van der Waals surface area (Å²) in [7, 11) is 0. The molecule has 2 aromatic rings. The number of aryl methyl sites for hydroxylation is 1. The fourth-order valence-corrected chi connectivity index (χ4v) is 2.72. The van der Waals surface area contributed by atoms with Crippen LogP contribution in [-0.2, 0) is 0 Å². The fraction of sp³-hybridized carbons (Fsp3) is 0.231. The maximum atomic E-state index is 11.4. The molecule has 0 aliphatic rings. The maximum Gasteiger partial charge on any atom is 0.251 e. The van der Waals surface area contributed by atoms with E-state index in [1.807, 2.05) is 31.2 Å². The van der Waals surface area contributed by atoms with Gasteiger partial charge in [0, 0.05) is 22.7 Å². The molecule has 0 saturated carbocycles. The summed E-state index contributed by atoms with van der Waals surface area (Å²) in [5.41, 5.74) is 7.54. The normalized spacial score (nSPS) is 12.4. The number of nitrogens with two attached hydrogens (primary N) is 1. The molecule has 94 valence electrons. The summed E-state index contributed by atoms with van der Waals surface area (Å²) in [4.78, 5) is 19.4. The van der Waals surface area contributed by atoms with Crippen LogP contribution in [0.3, 0.4) is 0 Å². The summed E-state index contributed by atoms with van der Waals surface area (Å²) in [6.45, 7) is 3.74. The number of aromatic amines is 1. The first kappa shape index (κ1) is 12.9. The first-order valence-electron chi connectivity index (χ1n) is 5.66. The van der Waals surface area contributed by atoms with Crippen LogP contribution in [0, 0.1) is 6.92 Å². The smallest absolute Gasteiger partial charge is 0.251 e. The topological polar surface area (TPSA) is 71.8 Å². The van der Waals surface area contributed by atoms with Crippen molar-refractivity contribution in [2.45, 2.75) is 29.9 Å². The van der Waals surface area contributed by atoms with E-state index in [1.54, 1.807) is 6.92 Å². The van der Waals surface area contributed by atoms with Crippen LogP contribution in [0.1, 0.15) is 24.2 Å². The van der Waals surface area contributed by atoms with E-state index >= 15 is 0 Å². The third-order valence-electron chi connectivity index (χ3n) is 2.46. The van der Waals surface area contributed by atoms with Gasteiger partial charge in [0.25, 0.3) is 5.56 Å². The molecule has 18 heavy (non-hydrogen) atoms. The van der Waals surface area contributed by atoms with Crippen molar-refractivity contribution < 1.29 is 0 Å². The van der Waals surface area contributed by atoms with Crippen molar-refractivity contribution in [2.24, 2.45) is 5.73 Å². The number of hydrogen-bond acceptors (Lipinski definition) is 4. The van der Waals surface area contributed by atoms with E-state index in [0.717, 1.165) is 10.5 Å². The molecule has 0 aliphatic heterocycles. The number of nitrogens with one attached hydrogen (secondary N) is 1. The van der Waals surface area contributed by atoms with Crippen molar-refractivity contribution in [1.82, 2.24) is 9.97 Å². The number of hydrogen-bond donors (Lipinski definition) is 2. The summed E-state index contributed by atoms with van der Waals surface area (Å²) < 4.78 is 0. The van der Waals surface area contributed by atoms with Gasteiger partial charge in [-0.15, -0.1) is 0 Å². The minimum Gasteiger partial charge on any atom is -0.324 e. The predicted molar refractivity (Wildman–Crippen MR) is 72.8 cm³/mol. The molecule has 3 N–H and O–H groups in total. The largest absolute Gasteiger partial charge is 0.324 e. The highest BCUT2D eigenvalue weighted by Crippen LogP contribution is 2.30. The molecule has 0 fully saturated rings. The fourth-order valence-electron chi connectivity index (χ4n) is 1.65. The van der Waals surface area contributed by atoms with Crippen LogP contribution >= 0.6 is 11.8 Å². The van der Waals surface area contributed by atoms with Gasteiger partial charge in [0.15, 0.2) is 5.16 Å². The molecular formula is C13H15N3OS. The molecule has 1 atom stereocenters. The second-order valence-corrected chi connectivity index (χ2v) is 5.15. The zero-order chi connectivity index (χ0) is 13.1. The number of nitrogens with zero attached hydrogens (tertiary/aromatic N) is 1. The molecule has 1 unspecified atom stereocenters. The summed E-state index contributed by atoms with van der Waals surface area (Å²) in [5, 5.41) is 0.591. The molecule has 2 rings (SSSR count). The lowest BCUT2D eigenvalue weighted by molar-refractivity contribution is 0.796. The SMILES string of the molecule is Cc1cc(=O)[nH]c(Sc2ccccc2C(C)N)n1. The van der Waals surface area contributed by atoms with Gasteiger partial charge in [-0.2, -0.15) is 0 Å². The average molecular weight is 261 g/mol. The standard InChI is InChI=1S/C13H15N3OS/c1-8-7-12(17)16-13(15-8)18-11-6-4-3-5-10(11)9(2)14/h3-7,9H,14H2,1-2H3,(H,15,16,17). The third kappa shape index (κ3) is 3.00. The quantitative estimate of drug-likeness (QED) is 0.831. The van der Waals surface area contributed by atoms with Gasteiger partial charge in [-0.1, -0.05) is 30.0 Å². The molecule has 0 saturated heterocycles. The van der Waals surface area contributed by atoms with E-state index in [9.17, 15) is 4.79 Å². The Bertz CT molecular complexity index is 607. The van der Waals surface area contributed by atoms with E-state index in [1.165, 1.54) is 17.8 Å². The minimum absolute atomic E-state index is 0.0507. The molecule has 0 spiro atoms. The van der Waals surface area contributed by atoms with E-state index in [-0.39, 0.29) is 11.6 Å². The highest BCUT2D eigenvalue weighted by molar-refractivity contribution is 7.99. The second kappa shape index (κ2) is 5.37. The summed E-state index contributed by atoms with van der Waals surface area (Å²) in [6.07, 6.45) is 0. The van der Waals surface area contributed by atoms with Gasteiger partial charge < -0.3 is 10.7 Å². The van der Waals surface area contributed by atoms with Crippen molar-refractivity contribution in [3.05, 3.63) is 51.9 Å². The molecule has 0 radical (unpaired) electrons. The molecule has 4 nitrogen and oxygen atoms in total. The lowest BCUT2D eigenvalue weighted by Gasteiger charge is -2.11. The van der Waals surface area contributed by atoms with E-state index in [2.05, 4.69) is 9.97 Å². The molecule has 0 bridgehead atoms. The Kier molecular flexibility index (Phi) is 3.84. The van der Waals surface area contributed by atoms with Crippen LogP contribution in [-0.4, -0.2) is 9.97 Å². The highest BCUT2D eigenvalue weighted by atomic mass is 32.2. The van der Waals surface area contributed by atoms with Crippen LogP contribution in [0.2, 0.25) is 0 Å². The summed E-state index contributed by atoms with van der Waals surface area (Å²) in [6, 6.07) is 9.29. The molecule has 0 aliphatic carbocycles. The zero-order valence-corrected chi connectivity index (χ0v) is 11.1. The maximum absolute atomic E-state index is 11.4. The molecule has 0 amide bonds. The lowest BCUT2D eigenvalue weighted by Crippen LogP contribution is -2.09. The van der Waals surface area contributed by atoms with Gasteiger partial charge in [0.1, 0.15) is 0 Å².